The van der Waals surface area contributed by atoms with Crippen LogP contribution in [0.5, 0.6) is 0 Å². The Bertz CT molecular complexity index is 203. The van der Waals surface area contributed by atoms with Crippen LogP contribution in [0.25, 0.3) is 0 Å². The van der Waals surface area contributed by atoms with Gasteiger partial charge in [0, 0.05) is 11.3 Å². The van der Waals surface area contributed by atoms with Gasteiger partial charge in [0.05, 0.1) is 0 Å². The molecule has 0 aromatic rings. The SMILES string of the molecule is CCNC1CCC(C(C)C)CC1SCC(C)C. The van der Waals surface area contributed by atoms with E-state index in [0.29, 0.717) is 0 Å². The second kappa shape index (κ2) is 7.68. The zero-order valence-corrected chi connectivity index (χ0v) is 13.1. The molecule has 1 rings (SSSR count). The van der Waals surface area contributed by atoms with Crippen molar-refractivity contribution >= 4 is 11.8 Å². The molecule has 3 atom stereocenters. The van der Waals surface area contributed by atoms with E-state index in [1.165, 1.54) is 25.0 Å². The molecule has 0 aliphatic heterocycles. The number of hydrogen-bond donors (Lipinski definition) is 1. The fourth-order valence-corrected chi connectivity index (χ4v) is 4.24. The Kier molecular flexibility index (Phi) is 6.94. The van der Waals surface area contributed by atoms with Crippen LogP contribution < -0.4 is 5.32 Å². The van der Waals surface area contributed by atoms with E-state index in [1.807, 2.05) is 0 Å². The van der Waals surface area contributed by atoms with Gasteiger partial charge in [-0.3, -0.25) is 0 Å². The lowest BCUT2D eigenvalue weighted by molar-refractivity contribution is 0.247. The van der Waals surface area contributed by atoms with Crippen LogP contribution in [0.4, 0.5) is 0 Å². The lowest BCUT2D eigenvalue weighted by atomic mass is 9.79. The summed E-state index contributed by atoms with van der Waals surface area (Å²) in [6.45, 7) is 12.8. The quantitative estimate of drug-likeness (QED) is 0.766. The van der Waals surface area contributed by atoms with Gasteiger partial charge in [-0.25, -0.2) is 0 Å². The largest absolute Gasteiger partial charge is 0.313 e. The summed E-state index contributed by atoms with van der Waals surface area (Å²) in [7, 11) is 0. The maximum absolute atomic E-state index is 3.70. The Balaban J connectivity index is 2.49. The van der Waals surface area contributed by atoms with Gasteiger partial charge in [0.2, 0.25) is 0 Å². The highest BCUT2D eigenvalue weighted by Gasteiger charge is 2.31. The summed E-state index contributed by atoms with van der Waals surface area (Å²) >= 11 is 2.21. The highest BCUT2D eigenvalue weighted by molar-refractivity contribution is 7.99. The molecular weight excluding hydrogens is 226 g/mol. The van der Waals surface area contributed by atoms with Crippen molar-refractivity contribution in [1.82, 2.24) is 5.32 Å². The molecule has 2 heteroatoms. The van der Waals surface area contributed by atoms with Gasteiger partial charge in [0.25, 0.3) is 0 Å². The van der Waals surface area contributed by atoms with Gasteiger partial charge >= 0.3 is 0 Å². The highest BCUT2D eigenvalue weighted by Crippen LogP contribution is 2.36. The van der Waals surface area contributed by atoms with E-state index in [4.69, 9.17) is 0 Å². The summed E-state index contributed by atoms with van der Waals surface area (Å²) in [5.74, 6) is 3.95. The standard InChI is InChI=1S/C15H31NS/c1-6-16-14-8-7-13(12(4)5)9-15(14)17-10-11(2)3/h11-16H,6-10H2,1-5H3. The summed E-state index contributed by atoms with van der Waals surface area (Å²) < 4.78 is 0. The molecular formula is C15H31NS. The van der Waals surface area contributed by atoms with Gasteiger partial charge in [-0.15, -0.1) is 0 Å². The number of thioether (sulfide) groups is 1. The molecule has 1 fully saturated rings. The van der Waals surface area contributed by atoms with Crippen molar-refractivity contribution in [3.8, 4) is 0 Å². The van der Waals surface area contributed by atoms with Gasteiger partial charge in [0.1, 0.15) is 0 Å². The molecule has 1 aliphatic rings. The van der Waals surface area contributed by atoms with E-state index in [-0.39, 0.29) is 0 Å². The minimum Gasteiger partial charge on any atom is -0.313 e. The average molecular weight is 257 g/mol. The minimum atomic E-state index is 0.763. The first-order valence-electron chi connectivity index (χ1n) is 7.39. The molecule has 0 radical (unpaired) electrons. The zero-order valence-electron chi connectivity index (χ0n) is 12.3. The number of nitrogens with one attached hydrogen (secondary N) is 1. The summed E-state index contributed by atoms with van der Waals surface area (Å²) in [4.78, 5) is 0. The van der Waals surface area contributed by atoms with Gasteiger partial charge in [0.15, 0.2) is 0 Å². The topological polar surface area (TPSA) is 12.0 Å². The zero-order chi connectivity index (χ0) is 12.8. The van der Waals surface area contributed by atoms with E-state index in [2.05, 4.69) is 51.7 Å². The van der Waals surface area contributed by atoms with Crippen LogP contribution in [0.2, 0.25) is 0 Å². The van der Waals surface area contributed by atoms with Crippen molar-refractivity contribution in [3.63, 3.8) is 0 Å². The van der Waals surface area contributed by atoms with Gasteiger partial charge < -0.3 is 5.32 Å². The first-order valence-corrected chi connectivity index (χ1v) is 8.44. The lowest BCUT2D eigenvalue weighted by Gasteiger charge is -2.38. The Morgan fingerprint density at radius 1 is 1.18 bits per heavy atom. The normalized spacial score (nSPS) is 30.2. The van der Waals surface area contributed by atoms with Crippen molar-refractivity contribution in [1.29, 1.82) is 0 Å². The summed E-state index contributed by atoms with van der Waals surface area (Å²) in [5, 5.41) is 4.54. The molecule has 0 amide bonds. The third-order valence-electron chi connectivity index (χ3n) is 3.89. The monoisotopic (exact) mass is 257 g/mol. The molecule has 1 nitrogen and oxygen atoms in total. The van der Waals surface area contributed by atoms with Crippen LogP contribution in [0.3, 0.4) is 0 Å². The molecule has 0 heterocycles. The maximum atomic E-state index is 3.70. The predicted molar refractivity (Wildman–Crippen MR) is 80.7 cm³/mol. The Morgan fingerprint density at radius 3 is 2.41 bits per heavy atom. The fraction of sp³-hybridized carbons (Fsp3) is 1.00. The van der Waals surface area contributed by atoms with Crippen LogP contribution in [-0.2, 0) is 0 Å². The molecule has 1 N–H and O–H groups in total. The third kappa shape index (κ3) is 5.21. The van der Waals surface area contributed by atoms with Crippen molar-refractivity contribution in [3.05, 3.63) is 0 Å². The van der Waals surface area contributed by atoms with E-state index >= 15 is 0 Å². The van der Waals surface area contributed by atoms with E-state index in [9.17, 15) is 0 Å². The maximum Gasteiger partial charge on any atom is 0.0204 e. The highest BCUT2D eigenvalue weighted by atomic mass is 32.2. The fourth-order valence-electron chi connectivity index (χ4n) is 2.76. The first kappa shape index (κ1) is 15.4. The van der Waals surface area contributed by atoms with Gasteiger partial charge in [-0.2, -0.15) is 11.8 Å². The van der Waals surface area contributed by atoms with E-state index < -0.39 is 0 Å². The van der Waals surface area contributed by atoms with Crippen LogP contribution in [0, 0.1) is 17.8 Å². The van der Waals surface area contributed by atoms with Crippen LogP contribution in [0.15, 0.2) is 0 Å². The van der Waals surface area contributed by atoms with E-state index in [1.54, 1.807) is 0 Å². The Hall–Kier alpha value is 0.310. The molecule has 1 aliphatic carbocycles. The Labute approximate surface area is 113 Å². The van der Waals surface area contributed by atoms with Crippen LogP contribution >= 0.6 is 11.8 Å². The smallest absolute Gasteiger partial charge is 0.0204 e. The molecule has 3 unspecified atom stereocenters. The molecule has 0 aromatic carbocycles. The van der Waals surface area contributed by atoms with E-state index in [0.717, 1.165) is 35.6 Å². The lowest BCUT2D eigenvalue weighted by Crippen LogP contribution is -2.43. The number of rotatable bonds is 6. The second-order valence-electron chi connectivity index (χ2n) is 6.25. The third-order valence-corrected chi connectivity index (χ3v) is 5.69. The molecule has 1 saturated carbocycles. The molecule has 102 valence electrons. The predicted octanol–water partition coefficient (Wildman–Crippen LogP) is 4.18. The average Bonchev–Trinajstić information content (AvgIpc) is 2.27. The van der Waals surface area contributed by atoms with Crippen LogP contribution in [0.1, 0.15) is 53.9 Å². The van der Waals surface area contributed by atoms with Crippen molar-refractivity contribution in [2.45, 2.75) is 65.2 Å². The molecule has 0 bridgehead atoms. The number of hydrogen-bond acceptors (Lipinski definition) is 2. The summed E-state index contributed by atoms with van der Waals surface area (Å²) in [6, 6.07) is 0.763. The minimum absolute atomic E-state index is 0.763. The Morgan fingerprint density at radius 2 is 1.88 bits per heavy atom. The molecule has 0 saturated heterocycles. The molecule has 17 heavy (non-hydrogen) atoms. The molecule has 0 spiro atoms. The first-order chi connectivity index (χ1) is 8.04. The summed E-state index contributed by atoms with van der Waals surface area (Å²) in [5.41, 5.74) is 0. The second-order valence-corrected chi connectivity index (χ2v) is 7.52. The molecule has 0 aromatic heterocycles. The van der Waals surface area contributed by atoms with Crippen molar-refractivity contribution < 1.29 is 0 Å². The van der Waals surface area contributed by atoms with Gasteiger partial charge in [-0.1, -0.05) is 34.6 Å². The summed E-state index contributed by atoms with van der Waals surface area (Å²) in [6.07, 6.45) is 4.23. The van der Waals surface area contributed by atoms with Crippen molar-refractivity contribution in [2.24, 2.45) is 17.8 Å². The van der Waals surface area contributed by atoms with Gasteiger partial charge in [-0.05, 0) is 49.3 Å². The van der Waals surface area contributed by atoms with Crippen molar-refractivity contribution in [2.75, 3.05) is 12.3 Å². The van der Waals surface area contributed by atoms with Crippen LogP contribution in [-0.4, -0.2) is 23.6 Å².